The summed E-state index contributed by atoms with van der Waals surface area (Å²) in [4.78, 5) is 31.0. The Bertz CT molecular complexity index is 1080. The van der Waals surface area contributed by atoms with Crippen molar-refractivity contribution in [2.24, 2.45) is 0 Å². The van der Waals surface area contributed by atoms with E-state index >= 15 is 0 Å². The Balaban J connectivity index is 1.82. The molecule has 6 nitrogen and oxygen atoms in total. The van der Waals surface area contributed by atoms with Gasteiger partial charge in [-0.15, -0.1) is 0 Å². The summed E-state index contributed by atoms with van der Waals surface area (Å²) >= 11 is 0. The van der Waals surface area contributed by atoms with E-state index in [1.165, 1.54) is 17.0 Å². The molecule has 0 aliphatic rings. The number of benzene rings is 2. The molecule has 0 spiro atoms. The lowest BCUT2D eigenvalue weighted by Crippen LogP contribution is -2.49. The van der Waals surface area contributed by atoms with Crippen LogP contribution in [0, 0.1) is 5.82 Å². The van der Waals surface area contributed by atoms with Crippen LogP contribution in [0.4, 0.5) is 9.18 Å². The maximum Gasteiger partial charge on any atom is 0.320 e. The molecular formula is C27H33FN4O2. The van der Waals surface area contributed by atoms with Crippen LogP contribution in [0.15, 0.2) is 72.9 Å². The van der Waals surface area contributed by atoms with E-state index < -0.39 is 0 Å². The van der Waals surface area contributed by atoms with E-state index in [0.29, 0.717) is 19.6 Å². The highest BCUT2D eigenvalue weighted by Gasteiger charge is 2.25. The molecule has 0 fully saturated rings. The molecular weight excluding hydrogens is 431 g/mol. The smallest absolute Gasteiger partial charge is 0.320 e. The number of amides is 3. The summed E-state index contributed by atoms with van der Waals surface area (Å²) in [6, 6.07) is 19.9. The monoisotopic (exact) mass is 464 g/mol. The van der Waals surface area contributed by atoms with Gasteiger partial charge in [0.05, 0.1) is 6.54 Å². The number of aromatic nitrogens is 1. The molecule has 0 atom stereocenters. The molecule has 3 amide bonds. The highest BCUT2D eigenvalue weighted by atomic mass is 19.1. The summed E-state index contributed by atoms with van der Waals surface area (Å²) in [7, 11) is 3.37. The van der Waals surface area contributed by atoms with Gasteiger partial charge in [-0.25, -0.2) is 9.18 Å². The van der Waals surface area contributed by atoms with Gasteiger partial charge in [0.15, 0.2) is 0 Å². The third kappa shape index (κ3) is 6.70. The number of hydrogen-bond donors (Lipinski definition) is 0. The molecule has 0 saturated carbocycles. The van der Waals surface area contributed by atoms with Crippen LogP contribution in [0.1, 0.15) is 30.7 Å². The SMILES string of the molecule is CC(C)N(CC(=O)N(Cc1ccccc1)Cc1cccn1Cc1ccc(F)cc1)C(=O)N(C)C. The predicted octanol–water partition coefficient (Wildman–Crippen LogP) is 4.60. The Labute approximate surface area is 201 Å². The molecule has 0 aliphatic carbocycles. The Kier molecular flexibility index (Phi) is 8.46. The summed E-state index contributed by atoms with van der Waals surface area (Å²) in [5.74, 6) is -0.389. The van der Waals surface area contributed by atoms with E-state index in [1.54, 1.807) is 36.0 Å². The number of carbonyl (C=O) groups excluding carboxylic acids is 2. The van der Waals surface area contributed by atoms with Crippen molar-refractivity contribution in [2.45, 2.75) is 39.5 Å². The van der Waals surface area contributed by atoms with Gasteiger partial charge in [-0.1, -0.05) is 42.5 Å². The second-order valence-corrected chi connectivity index (χ2v) is 8.89. The number of carbonyl (C=O) groups is 2. The lowest BCUT2D eigenvalue weighted by Gasteiger charge is -2.32. The number of hydrogen-bond acceptors (Lipinski definition) is 2. The molecule has 0 aliphatic heterocycles. The first-order chi connectivity index (χ1) is 16.2. The second kappa shape index (κ2) is 11.5. The topological polar surface area (TPSA) is 48.8 Å². The van der Waals surface area contributed by atoms with Gasteiger partial charge in [0.2, 0.25) is 5.91 Å². The molecule has 1 aromatic heterocycles. The Morgan fingerprint density at radius 2 is 1.56 bits per heavy atom. The fourth-order valence-electron chi connectivity index (χ4n) is 3.74. The largest absolute Gasteiger partial charge is 0.345 e. The molecule has 3 rings (SSSR count). The van der Waals surface area contributed by atoms with E-state index in [1.807, 2.05) is 62.5 Å². The predicted molar refractivity (Wildman–Crippen MR) is 132 cm³/mol. The van der Waals surface area contributed by atoms with Crippen LogP contribution in [0.5, 0.6) is 0 Å². The molecule has 2 aromatic carbocycles. The minimum atomic E-state index is -0.266. The summed E-state index contributed by atoms with van der Waals surface area (Å²) in [6.45, 7) is 5.22. The van der Waals surface area contributed by atoms with Crippen molar-refractivity contribution < 1.29 is 14.0 Å². The molecule has 3 aromatic rings. The van der Waals surface area contributed by atoms with Gasteiger partial charge in [0, 0.05) is 45.1 Å². The van der Waals surface area contributed by atoms with E-state index in [4.69, 9.17) is 0 Å². The van der Waals surface area contributed by atoms with Crippen LogP contribution in [0.2, 0.25) is 0 Å². The first-order valence-corrected chi connectivity index (χ1v) is 11.4. The Hall–Kier alpha value is -3.61. The lowest BCUT2D eigenvalue weighted by atomic mass is 10.2. The van der Waals surface area contributed by atoms with E-state index in [9.17, 15) is 14.0 Å². The van der Waals surface area contributed by atoms with Crippen molar-refractivity contribution in [2.75, 3.05) is 20.6 Å². The maximum absolute atomic E-state index is 13.5. The van der Waals surface area contributed by atoms with Crippen LogP contribution >= 0.6 is 0 Å². The van der Waals surface area contributed by atoms with Gasteiger partial charge >= 0.3 is 6.03 Å². The third-order valence-electron chi connectivity index (χ3n) is 5.67. The first-order valence-electron chi connectivity index (χ1n) is 11.4. The van der Waals surface area contributed by atoms with Crippen molar-refractivity contribution in [3.63, 3.8) is 0 Å². The first kappa shape index (κ1) is 25.0. The number of rotatable bonds is 9. The molecule has 180 valence electrons. The van der Waals surface area contributed by atoms with Gasteiger partial charge in [0.25, 0.3) is 0 Å². The van der Waals surface area contributed by atoms with Gasteiger partial charge in [-0.2, -0.15) is 0 Å². The molecule has 0 unspecified atom stereocenters. The number of urea groups is 1. The quantitative estimate of drug-likeness (QED) is 0.465. The van der Waals surface area contributed by atoms with Crippen molar-refractivity contribution in [3.05, 3.63) is 95.6 Å². The fraction of sp³-hybridized carbons (Fsp3) is 0.333. The molecule has 34 heavy (non-hydrogen) atoms. The van der Waals surface area contributed by atoms with Crippen molar-refractivity contribution in [3.8, 4) is 0 Å². The highest BCUT2D eigenvalue weighted by Crippen LogP contribution is 2.15. The van der Waals surface area contributed by atoms with Crippen LogP contribution < -0.4 is 0 Å². The zero-order valence-electron chi connectivity index (χ0n) is 20.3. The van der Waals surface area contributed by atoms with Gasteiger partial charge in [-0.3, -0.25) is 4.79 Å². The summed E-state index contributed by atoms with van der Waals surface area (Å²) in [5.41, 5.74) is 2.95. The molecule has 0 N–H and O–H groups in total. The summed E-state index contributed by atoms with van der Waals surface area (Å²) in [5, 5.41) is 0. The van der Waals surface area contributed by atoms with Gasteiger partial charge < -0.3 is 19.3 Å². The van der Waals surface area contributed by atoms with Gasteiger partial charge in [-0.05, 0) is 49.2 Å². The standard InChI is InChI=1S/C27H33FN4O2/c1-21(2)32(27(34)29(3)4)20-26(33)31(18-22-9-6-5-7-10-22)19-25-11-8-16-30(25)17-23-12-14-24(28)15-13-23/h5-16,21H,17-20H2,1-4H3. The average Bonchev–Trinajstić information content (AvgIpc) is 3.24. The van der Waals surface area contributed by atoms with E-state index in [-0.39, 0.29) is 30.3 Å². The maximum atomic E-state index is 13.5. The zero-order valence-corrected chi connectivity index (χ0v) is 20.3. The van der Waals surface area contributed by atoms with Crippen molar-refractivity contribution in [1.82, 2.24) is 19.3 Å². The van der Waals surface area contributed by atoms with Crippen molar-refractivity contribution >= 4 is 11.9 Å². The molecule has 0 saturated heterocycles. The van der Waals surface area contributed by atoms with Gasteiger partial charge in [0.1, 0.15) is 12.4 Å². The molecule has 1 heterocycles. The summed E-state index contributed by atoms with van der Waals surface area (Å²) < 4.78 is 15.4. The Morgan fingerprint density at radius 3 is 2.18 bits per heavy atom. The van der Waals surface area contributed by atoms with Crippen LogP contribution in [-0.4, -0.2) is 57.9 Å². The van der Waals surface area contributed by atoms with Crippen LogP contribution in [0.25, 0.3) is 0 Å². The van der Waals surface area contributed by atoms with Crippen LogP contribution in [0.3, 0.4) is 0 Å². The second-order valence-electron chi connectivity index (χ2n) is 8.89. The summed E-state index contributed by atoms with van der Waals surface area (Å²) in [6.07, 6.45) is 1.96. The molecule has 0 bridgehead atoms. The zero-order chi connectivity index (χ0) is 24.7. The number of nitrogens with zero attached hydrogens (tertiary/aromatic N) is 4. The minimum absolute atomic E-state index is 0.000183. The third-order valence-corrected chi connectivity index (χ3v) is 5.67. The lowest BCUT2D eigenvalue weighted by molar-refractivity contribution is -0.133. The highest BCUT2D eigenvalue weighted by molar-refractivity contribution is 5.84. The van der Waals surface area contributed by atoms with Crippen molar-refractivity contribution in [1.29, 1.82) is 0 Å². The average molecular weight is 465 g/mol. The Morgan fingerprint density at radius 1 is 0.882 bits per heavy atom. The van der Waals surface area contributed by atoms with Crippen LogP contribution in [-0.2, 0) is 24.4 Å². The fourth-order valence-corrected chi connectivity index (χ4v) is 3.74. The van der Waals surface area contributed by atoms with E-state index in [2.05, 4.69) is 4.57 Å². The molecule has 0 radical (unpaired) electrons. The number of halogens is 1. The normalized spacial score (nSPS) is 10.9. The minimum Gasteiger partial charge on any atom is -0.345 e. The van der Waals surface area contributed by atoms with E-state index in [0.717, 1.165) is 16.8 Å². The molecule has 7 heteroatoms.